The molecule has 3 aromatic rings. The van der Waals surface area contributed by atoms with Gasteiger partial charge in [0.05, 0.1) is 5.56 Å². The summed E-state index contributed by atoms with van der Waals surface area (Å²) in [5.74, 6) is -0.0592. The van der Waals surface area contributed by atoms with Crippen LogP contribution in [0.1, 0.15) is 42.5 Å². The molecule has 1 atom stereocenters. The van der Waals surface area contributed by atoms with Gasteiger partial charge in [-0.1, -0.05) is 37.3 Å². The topological polar surface area (TPSA) is 75.7 Å². The fraction of sp³-hybridized carbons (Fsp3) is 0.296. The Kier molecular flexibility index (Phi) is 8.53. The zero-order chi connectivity index (χ0) is 27.4. The minimum atomic E-state index is -4.68. The van der Waals surface area contributed by atoms with E-state index < -0.39 is 26.8 Å². The lowest BCUT2D eigenvalue weighted by Gasteiger charge is -2.29. The summed E-state index contributed by atoms with van der Waals surface area (Å²) in [5.41, 5.74) is 2.39. The van der Waals surface area contributed by atoms with Crippen LogP contribution in [0.4, 0.5) is 23.7 Å². The third-order valence-corrected chi connectivity index (χ3v) is 7.41. The normalized spacial score (nSPS) is 12.6. The number of aryl methyl sites for hydroxylation is 1. The minimum absolute atomic E-state index is 0.0592. The predicted molar refractivity (Wildman–Crippen MR) is 136 cm³/mol. The van der Waals surface area contributed by atoms with Gasteiger partial charge in [0.1, 0.15) is 10.6 Å². The molecule has 3 aromatic carbocycles. The molecule has 0 spiro atoms. The van der Waals surface area contributed by atoms with Gasteiger partial charge in [-0.05, 0) is 80.3 Å². The molecule has 1 N–H and O–H groups in total. The van der Waals surface area contributed by atoms with Crippen molar-refractivity contribution < 1.29 is 30.6 Å². The monoisotopic (exact) mass is 534 g/mol. The molecule has 10 heteroatoms. The van der Waals surface area contributed by atoms with Crippen LogP contribution >= 0.6 is 0 Å². The number of anilines is 1. The molecule has 0 bridgehead atoms. The molecule has 198 valence electrons. The van der Waals surface area contributed by atoms with Crippen LogP contribution in [0, 0.1) is 13.8 Å². The Labute approximate surface area is 215 Å². The van der Waals surface area contributed by atoms with Gasteiger partial charge in [0, 0.05) is 18.3 Å². The van der Waals surface area contributed by atoms with E-state index in [1.807, 2.05) is 45.9 Å². The van der Waals surface area contributed by atoms with Gasteiger partial charge in [0.15, 0.2) is 0 Å². The number of urea groups is 1. The minimum Gasteiger partial charge on any atom is -0.379 e. The summed E-state index contributed by atoms with van der Waals surface area (Å²) >= 11 is 0. The lowest BCUT2D eigenvalue weighted by Crippen LogP contribution is -2.40. The Morgan fingerprint density at radius 1 is 1.03 bits per heavy atom. The van der Waals surface area contributed by atoms with Gasteiger partial charge in [-0.25, -0.2) is 4.79 Å². The van der Waals surface area contributed by atoms with E-state index in [9.17, 15) is 26.4 Å². The molecular formula is C27H29F3N2O4S. The van der Waals surface area contributed by atoms with Crippen LogP contribution in [0.3, 0.4) is 0 Å². The summed E-state index contributed by atoms with van der Waals surface area (Å²) < 4.78 is 69.0. The first-order valence-corrected chi connectivity index (χ1v) is 13.1. The average molecular weight is 535 g/mol. The molecule has 3 rings (SSSR count). The van der Waals surface area contributed by atoms with E-state index in [1.165, 1.54) is 12.1 Å². The zero-order valence-electron chi connectivity index (χ0n) is 21.0. The Morgan fingerprint density at radius 3 is 2.30 bits per heavy atom. The Bertz CT molecular complexity index is 1360. The largest absolute Gasteiger partial charge is 0.416 e. The highest BCUT2D eigenvalue weighted by Gasteiger charge is 2.32. The van der Waals surface area contributed by atoms with E-state index in [1.54, 1.807) is 17.0 Å². The van der Waals surface area contributed by atoms with Gasteiger partial charge in [0.25, 0.3) is 0 Å². The maximum absolute atomic E-state index is 13.1. The molecule has 0 saturated heterocycles. The molecular weight excluding hydrogens is 505 g/mol. The van der Waals surface area contributed by atoms with Crippen LogP contribution in [-0.2, 0) is 22.8 Å². The van der Waals surface area contributed by atoms with E-state index in [2.05, 4.69) is 5.32 Å². The number of halogens is 3. The predicted octanol–water partition coefficient (Wildman–Crippen LogP) is 6.92. The summed E-state index contributed by atoms with van der Waals surface area (Å²) in [6.45, 7) is 8.06. The second-order valence-corrected chi connectivity index (χ2v) is 10.3. The Hall–Kier alpha value is -3.53. The molecule has 0 aliphatic carbocycles. The summed E-state index contributed by atoms with van der Waals surface area (Å²) in [4.78, 5) is 14.2. The van der Waals surface area contributed by atoms with Crippen molar-refractivity contribution in [2.75, 3.05) is 5.32 Å². The first-order chi connectivity index (χ1) is 17.3. The van der Waals surface area contributed by atoms with Gasteiger partial charge in [-0.2, -0.15) is 21.6 Å². The fourth-order valence-corrected chi connectivity index (χ4v) is 4.55. The number of rotatable bonds is 8. The number of hydrogen-bond donors (Lipinski definition) is 1. The van der Waals surface area contributed by atoms with Gasteiger partial charge in [-0.15, -0.1) is 0 Å². The molecule has 0 saturated carbocycles. The maximum Gasteiger partial charge on any atom is 0.416 e. The lowest BCUT2D eigenvalue weighted by molar-refractivity contribution is -0.137. The SMILES string of the molecule is CCC(C)N(Cc1ccc(OS(=O)(=O)c2cccc(C(F)(F)F)c2)cc1)C(=O)Nc1cccc(C)c1C. The van der Waals surface area contributed by atoms with Gasteiger partial charge >= 0.3 is 22.3 Å². The van der Waals surface area contributed by atoms with Crippen molar-refractivity contribution in [2.45, 2.75) is 57.8 Å². The lowest BCUT2D eigenvalue weighted by atomic mass is 10.1. The van der Waals surface area contributed by atoms with Gasteiger partial charge in [0.2, 0.25) is 0 Å². The number of alkyl halides is 3. The quantitative estimate of drug-likeness (QED) is 0.318. The van der Waals surface area contributed by atoms with Crippen LogP contribution < -0.4 is 9.50 Å². The molecule has 0 radical (unpaired) electrons. The van der Waals surface area contributed by atoms with Gasteiger partial charge < -0.3 is 14.4 Å². The molecule has 0 heterocycles. The van der Waals surface area contributed by atoms with E-state index in [0.29, 0.717) is 6.07 Å². The van der Waals surface area contributed by atoms with Crippen molar-refractivity contribution in [1.82, 2.24) is 4.90 Å². The van der Waals surface area contributed by atoms with Crippen molar-refractivity contribution in [3.8, 4) is 5.75 Å². The number of hydrogen-bond acceptors (Lipinski definition) is 4. The molecule has 2 amide bonds. The first-order valence-electron chi connectivity index (χ1n) is 11.7. The summed E-state index contributed by atoms with van der Waals surface area (Å²) in [5, 5.41) is 2.97. The summed E-state index contributed by atoms with van der Waals surface area (Å²) in [6, 6.07) is 14.7. The van der Waals surface area contributed by atoms with Crippen LogP contribution in [0.25, 0.3) is 0 Å². The molecule has 0 aliphatic heterocycles. The van der Waals surface area contributed by atoms with Crippen molar-refractivity contribution in [3.63, 3.8) is 0 Å². The average Bonchev–Trinajstić information content (AvgIpc) is 2.85. The van der Waals surface area contributed by atoms with Gasteiger partial charge in [-0.3, -0.25) is 0 Å². The summed E-state index contributed by atoms with van der Waals surface area (Å²) in [7, 11) is -4.48. The molecule has 6 nitrogen and oxygen atoms in total. The number of carbonyl (C=O) groups is 1. The zero-order valence-corrected chi connectivity index (χ0v) is 21.8. The van der Waals surface area contributed by atoms with E-state index in [0.717, 1.165) is 47.0 Å². The van der Waals surface area contributed by atoms with Crippen LogP contribution in [0.15, 0.2) is 71.6 Å². The number of nitrogens with zero attached hydrogens (tertiary/aromatic N) is 1. The van der Waals surface area contributed by atoms with Crippen molar-refractivity contribution in [1.29, 1.82) is 0 Å². The number of amides is 2. The van der Waals surface area contributed by atoms with Crippen LogP contribution in [-0.4, -0.2) is 25.4 Å². The number of nitrogens with one attached hydrogen (secondary N) is 1. The van der Waals surface area contributed by atoms with E-state index >= 15 is 0 Å². The third-order valence-electron chi connectivity index (χ3n) is 6.16. The molecule has 37 heavy (non-hydrogen) atoms. The smallest absolute Gasteiger partial charge is 0.379 e. The van der Waals surface area contributed by atoms with Crippen molar-refractivity contribution >= 4 is 21.8 Å². The highest BCUT2D eigenvalue weighted by atomic mass is 32.2. The number of benzene rings is 3. The van der Waals surface area contributed by atoms with E-state index in [-0.39, 0.29) is 24.4 Å². The Morgan fingerprint density at radius 2 is 1.68 bits per heavy atom. The fourth-order valence-electron chi connectivity index (χ4n) is 3.57. The molecule has 0 fully saturated rings. The molecule has 1 unspecified atom stereocenters. The first kappa shape index (κ1) is 28.0. The third kappa shape index (κ3) is 7.03. The second-order valence-electron chi connectivity index (χ2n) is 8.77. The van der Waals surface area contributed by atoms with E-state index in [4.69, 9.17) is 4.18 Å². The molecule has 0 aliphatic rings. The Balaban J connectivity index is 1.75. The standard InChI is InChI=1S/C27H29F3N2O4S/c1-5-19(3)32(26(33)31-25-11-6-8-18(2)20(25)4)17-21-12-14-23(15-13-21)36-37(34,35)24-10-7-9-22(16-24)27(28,29)30/h6-16,19H,5,17H2,1-4H3,(H,31,33). The van der Waals surface area contributed by atoms with Crippen molar-refractivity contribution in [3.05, 3.63) is 89.0 Å². The number of carbonyl (C=O) groups excluding carboxylic acids is 1. The van der Waals surface area contributed by atoms with Crippen molar-refractivity contribution in [2.24, 2.45) is 0 Å². The molecule has 0 aromatic heterocycles. The second kappa shape index (κ2) is 11.2. The van der Waals surface area contributed by atoms with Crippen LogP contribution in [0.2, 0.25) is 0 Å². The summed E-state index contributed by atoms with van der Waals surface area (Å²) in [6.07, 6.45) is -3.96. The highest BCUT2D eigenvalue weighted by molar-refractivity contribution is 7.87. The van der Waals surface area contributed by atoms with Crippen LogP contribution in [0.5, 0.6) is 5.75 Å². The maximum atomic E-state index is 13.1. The highest BCUT2D eigenvalue weighted by Crippen LogP contribution is 2.31.